The van der Waals surface area contributed by atoms with Gasteiger partial charge in [-0.3, -0.25) is 0 Å². The molecule has 11 heteroatoms. The fourth-order valence-corrected chi connectivity index (χ4v) is 3.82. The van der Waals surface area contributed by atoms with Crippen molar-refractivity contribution in [2.45, 2.75) is 22.3 Å². The minimum atomic E-state index is -2.74. The van der Waals surface area contributed by atoms with Crippen molar-refractivity contribution < 1.29 is 8.78 Å². The summed E-state index contributed by atoms with van der Waals surface area (Å²) < 4.78 is 27.5. The number of anilines is 1. The van der Waals surface area contributed by atoms with Crippen LogP contribution >= 0.6 is 23.1 Å². The van der Waals surface area contributed by atoms with Crippen molar-refractivity contribution in [3.63, 3.8) is 0 Å². The van der Waals surface area contributed by atoms with E-state index in [1.54, 1.807) is 12.1 Å². The number of nitrogens with zero attached hydrogens (tertiary/aromatic N) is 6. The minimum absolute atomic E-state index is 0.270. The second-order valence-corrected chi connectivity index (χ2v) is 7.36. The van der Waals surface area contributed by atoms with E-state index in [0.717, 1.165) is 10.1 Å². The highest BCUT2D eigenvalue weighted by atomic mass is 32.2. The summed E-state index contributed by atoms with van der Waals surface area (Å²) in [5.41, 5.74) is 1.41. The maximum Gasteiger partial charge on any atom is 0.299 e. The number of fused-ring (bicyclic) bond motifs is 1. The summed E-state index contributed by atoms with van der Waals surface area (Å²) in [6.07, 6.45) is -2.74. The zero-order valence-electron chi connectivity index (χ0n) is 13.1. The summed E-state index contributed by atoms with van der Waals surface area (Å²) >= 11 is 2.61. The Morgan fingerprint density at radius 3 is 2.69 bits per heavy atom. The molecule has 26 heavy (non-hydrogen) atoms. The maximum atomic E-state index is 12.9. The van der Waals surface area contributed by atoms with Crippen molar-refractivity contribution in [3.8, 4) is 0 Å². The third kappa shape index (κ3) is 3.63. The first-order valence-electron chi connectivity index (χ1n) is 7.49. The van der Waals surface area contributed by atoms with Crippen LogP contribution in [0.2, 0.25) is 0 Å². The molecule has 4 aromatic rings. The number of hydrogen-bond donors (Lipinski definition) is 1. The molecule has 0 saturated carbocycles. The Hall–Kier alpha value is -2.66. The molecule has 0 fully saturated rings. The highest BCUT2D eigenvalue weighted by molar-refractivity contribution is 8.01. The fraction of sp³-hybridized carbons (Fsp3) is 0.133. The SMILES string of the molecule is FC(F)c1nnc2ccc(Sc3nnc(NCc4ccccc4)s3)nn12. The molecule has 3 heterocycles. The van der Waals surface area contributed by atoms with E-state index in [1.165, 1.54) is 23.1 Å². The molecular formula is C15H11F2N7S2. The molecule has 4 rings (SSSR count). The Bertz CT molecular complexity index is 1020. The van der Waals surface area contributed by atoms with Crippen LogP contribution in [0, 0.1) is 0 Å². The third-order valence-electron chi connectivity index (χ3n) is 3.34. The second-order valence-electron chi connectivity index (χ2n) is 5.11. The summed E-state index contributed by atoms with van der Waals surface area (Å²) in [4.78, 5) is 0. The summed E-state index contributed by atoms with van der Waals surface area (Å²) in [7, 11) is 0. The van der Waals surface area contributed by atoms with Gasteiger partial charge in [-0.05, 0) is 29.5 Å². The number of halogens is 2. The van der Waals surface area contributed by atoms with Crippen LogP contribution < -0.4 is 5.32 Å². The van der Waals surface area contributed by atoms with E-state index in [4.69, 9.17) is 0 Å². The second kappa shape index (κ2) is 7.30. The predicted octanol–water partition coefficient (Wildman–Crippen LogP) is 3.68. The van der Waals surface area contributed by atoms with Crippen molar-refractivity contribution in [1.29, 1.82) is 0 Å². The standard InChI is InChI=1S/C15H11F2N7S2/c16-12(17)13-20-19-10-6-7-11(23-24(10)13)25-15-22-21-14(26-15)18-8-9-4-2-1-3-5-9/h1-7,12H,8H2,(H,18,21). The lowest BCUT2D eigenvalue weighted by atomic mass is 10.2. The van der Waals surface area contributed by atoms with E-state index >= 15 is 0 Å². The molecule has 132 valence electrons. The smallest absolute Gasteiger partial charge is 0.299 e. The average molecular weight is 391 g/mol. The number of benzene rings is 1. The fourth-order valence-electron chi connectivity index (χ4n) is 2.16. The quantitative estimate of drug-likeness (QED) is 0.537. The highest BCUT2D eigenvalue weighted by Gasteiger charge is 2.17. The van der Waals surface area contributed by atoms with Crippen molar-refractivity contribution in [3.05, 3.63) is 53.9 Å². The summed E-state index contributed by atoms with van der Waals surface area (Å²) in [5.74, 6) is -0.482. The van der Waals surface area contributed by atoms with Crippen molar-refractivity contribution in [2.75, 3.05) is 5.32 Å². The van der Waals surface area contributed by atoms with Crippen LogP contribution in [0.1, 0.15) is 17.8 Å². The van der Waals surface area contributed by atoms with Gasteiger partial charge < -0.3 is 5.32 Å². The lowest BCUT2D eigenvalue weighted by Gasteiger charge is -2.01. The third-order valence-corrected chi connectivity index (χ3v) is 5.20. The molecule has 3 aromatic heterocycles. The van der Waals surface area contributed by atoms with Gasteiger partial charge in [0.05, 0.1) is 0 Å². The van der Waals surface area contributed by atoms with Gasteiger partial charge in [-0.25, -0.2) is 8.78 Å². The summed E-state index contributed by atoms with van der Waals surface area (Å²) in [6.45, 7) is 0.642. The molecule has 0 atom stereocenters. The van der Waals surface area contributed by atoms with Gasteiger partial charge in [-0.2, -0.15) is 9.61 Å². The molecule has 0 bridgehead atoms. The number of nitrogens with one attached hydrogen (secondary N) is 1. The zero-order chi connectivity index (χ0) is 17.9. The van der Waals surface area contributed by atoms with Crippen molar-refractivity contribution in [1.82, 2.24) is 30.0 Å². The van der Waals surface area contributed by atoms with Crippen LogP contribution in [0.4, 0.5) is 13.9 Å². The molecule has 0 unspecified atom stereocenters. The molecule has 0 amide bonds. The van der Waals surface area contributed by atoms with Crippen LogP contribution in [-0.4, -0.2) is 30.0 Å². The average Bonchev–Trinajstić information content (AvgIpc) is 3.27. The molecule has 0 radical (unpaired) electrons. The largest absolute Gasteiger partial charge is 0.356 e. The number of aromatic nitrogens is 6. The van der Waals surface area contributed by atoms with E-state index in [0.29, 0.717) is 21.0 Å². The Balaban J connectivity index is 1.47. The number of alkyl halides is 2. The molecule has 1 N–H and O–H groups in total. The van der Waals surface area contributed by atoms with Gasteiger partial charge in [0.15, 0.2) is 9.99 Å². The Morgan fingerprint density at radius 2 is 1.88 bits per heavy atom. The molecule has 0 aliphatic carbocycles. The molecule has 7 nitrogen and oxygen atoms in total. The van der Waals surface area contributed by atoms with Gasteiger partial charge in [0.25, 0.3) is 6.43 Å². The topological polar surface area (TPSA) is 80.9 Å². The number of rotatable bonds is 6. The van der Waals surface area contributed by atoms with Crippen LogP contribution in [-0.2, 0) is 6.54 Å². The van der Waals surface area contributed by atoms with E-state index in [9.17, 15) is 8.78 Å². The molecule has 0 aliphatic heterocycles. The van der Waals surface area contributed by atoms with Crippen LogP contribution in [0.15, 0.2) is 51.8 Å². The van der Waals surface area contributed by atoms with Crippen molar-refractivity contribution in [2.24, 2.45) is 0 Å². The molecule has 0 saturated heterocycles. The van der Waals surface area contributed by atoms with Crippen LogP contribution in [0.3, 0.4) is 0 Å². The van der Waals surface area contributed by atoms with Gasteiger partial charge in [0.1, 0.15) is 5.03 Å². The van der Waals surface area contributed by atoms with E-state index in [-0.39, 0.29) is 5.65 Å². The first kappa shape index (κ1) is 16.8. The van der Waals surface area contributed by atoms with Gasteiger partial charge in [-0.15, -0.1) is 20.4 Å². The van der Waals surface area contributed by atoms with Gasteiger partial charge >= 0.3 is 0 Å². The van der Waals surface area contributed by atoms with Gasteiger partial charge in [-0.1, -0.05) is 41.7 Å². The summed E-state index contributed by atoms with van der Waals surface area (Å²) in [6, 6.07) is 13.2. The first-order chi connectivity index (χ1) is 12.7. The monoisotopic (exact) mass is 391 g/mol. The Labute approximate surface area is 154 Å². The van der Waals surface area contributed by atoms with Crippen molar-refractivity contribution >= 4 is 33.9 Å². The molecular weight excluding hydrogens is 380 g/mol. The molecule has 0 aliphatic rings. The van der Waals surface area contributed by atoms with E-state index < -0.39 is 12.2 Å². The molecule has 0 spiro atoms. The highest BCUT2D eigenvalue weighted by Crippen LogP contribution is 2.31. The maximum absolute atomic E-state index is 12.9. The zero-order valence-corrected chi connectivity index (χ0v) is 14.7. The predicted molar refractivity (Wildman–Crippen MR) is 93.5 cm³/mol. The van der Waals surface area contributed by atoms with Crippen LogP contribution in [0.25, 0.3) is 5.65 Å². The lowest BCUT2D eigenvalue weighted by molar-refractivity contribution is 0.137. The molecule has 1 aromatic carbocycles. The Morgan fingerprint density at radius 1 is 1.04 bits per heavy atom. The number of hydrogen-bond acceptors (Lipinski definition) is 8. The van der Waals surface area contributed by atoms with E-state index in [2.05, 4.69) is 30.8 Å². The van der Waals surface area contributed by atoms with E-state index in [1.807, 2.05) is 30.3 Å². The summed E-state index contributed by atoms with van der Waals surface area (Å²) in [5, 5.41) is 23.8. The van der Waals surface area contributed by atoms with Gasteiger partial charge in [0.2, 0.25) is 11.0 Å². The van der Waals surface area contributed by atoms with Gasteiger partial charge in [0, 0.05) is 6.54 Å². The Kier molecular flexibility index (Phi) is 4.71. The van der Waals surface area contributed by atoms with Crippen LogP contribution in [0.5, 0.6) is 0 Å². The normalized spacial score (nSPS) is 11.3. The minimum Gasteiger partial charge on any atom is -0.356 e. The lowest BCUT2D eigenvalue weighted by Crippen LogP contribution is -2.00. The first-order valence-corrected chi connectivity index (χ1v) is 9.12.